The van der Waals surface area contributed by atoms with Gasteiger partial charge in [0.1, 0.15) is 6.04 Å². The molecule has 5 nitrogen and oxygen atoms in total. The van der Waals surface area contributed by atoms with E-state index in [1.54, 1.807) is 17.1 Å². The molecule has 1 aromatic rings. The predicted molar refractivity (Wildman–Crippen MR) is 82.0 cm³/mol. The molecular weight excluding hydrogens is 276 g/mol. The minimum absolute atomic E-state index is 0.00631. The number of amides is 1. The molecule has 0 bridgehead atoms. The van der Waals surface area contributed by atoms with E-state index < -0.39 is 0 Å². The Morgan fingerprint density at radius 3 is 2.65 bits per heavy atom. The van der Waals surface area contributed by atoms with E-state index >= 15 is 0 Å². The largest absolute Gasteiger partial charge is 0.354 e. The molecule has 6 heteroatoms. The molecule has 1 atom stereocenters. The Hall–Kier alpha value is -1.07. The van der Waals surface area contributed by atoms with E-state index in [-0.39, 0.29) is 11.9 Å². The smallest absolute Gasteiger partial charge is 0.244 e. The van der Waals surface area contributed by atoms with Crippen LogP contribution in [0.15, 0.2) is 12.4 Å². The molecule has 1 N–H and O–H groups in total. The van der Waals surface area contributed by atoms with Gasteiger partial charge in [0.05, 0.1) is 11.2 Å². The normalized spacial score (nSPS) is 12.7. The molecule has 1 amide bonds. The lowest BCUT2D eigenvalue weighted by Gasteiger charge is -2.19. The average molecular weight is 301 g/mol. The van der Waals surface area contributed by atoms with Gasteiger partial charge in [-0.1, -0.05) is 32.4 Å². The fourth-order valence-corrected chi connectivity index (χ4v) is 2.29. The van der Waals surface area contributed by atoms with Gasteiger partial charge in [0.25, 0.3) is 0 Å². The number of halogens is 1. The third kappa shape index (κ3) is 5.13. The van der Waals surface area contributed by atoms with Crippen LogP contribution in [-0.4, -0.2) is 46.8 Å². The summed E-state index contributed by atoms with van der Waals surface area (Å²) in [5.74, 6) is 0.00631. The van der Waals surface area contributed by atoms with Crippen molar-refractivity contribution in [2.75, 3.05) is 26.2 Å². The van der Waals surface area contributed by atoms with Gasteiger partial charge in [-0.2, -0.15) is 5.10 Å². The molecule has 0 radical (unpaired) electrons. The number of carbonyl (C=O) groups excluding carboxylic acids is 1. The molecule has 20 heavy (non-hydrogen) atoms. The van der Waals surface area contributed by atoms with Crippen molar-refractivity contribution in [1.29, 1.82) is 0 Å². The summed E-state index contributed by atoms with van der Waals surface area (Å²) in [7, 11) is 0. The summed E-state index contributed by atoms with van der Waals surface area (Å²) >= 11 is 5.84. The first kappa shape index (κ1) is 17.0. The van der Waals surface area contributed by atoms with Crippen LogP contribution in [0.2, 0.25) is 5.02 Å². The van der Waals surface area contributed by atoms with Crippen LogP contribution in [0.25, 0.3) is 0 Å². The van der Waals surface area contributed by atoms with Crippen LogP contribution < -0.4 is 5.32 Å². The zero-order valence-corrected chi connectivity index (χ0v) is 13.4. The molecule has 114 valence electrons. The summed E-state index contributed by atoms with van der Waals surface area (Å²) in [5, 5.41) is 7.64. The highest BCUT2D eigenvalue weighted by Gasteiger charge is 2.18. The maximum Gasteiger partial charge on any atom is 0.244 e. The average Bonchev–Trinajstić information content (AvgIpc) is 2.86. The lowest BCUT2D eigenvalue weighted by atomic mass is 10.2. The molecule has 0 aliphatic rings. The fourth-order valence-electron chi connectivity index (χ4n) is 2.15. The third-order valence-electron chi connectivity index (χ3n) is 3.42. The van der Waals surface area contributed by atoms with Gasteiger partial charge >= 0.3 is 0 Å². The zero-order valence-electron chi connectivity index (χ0n) is 12.6. The molecule has 1 rings (SSSR count). The maximum atomic E-state index is 12.1. The summed E-state index contributed by atoms with van der Waals surface area (Å²) in [4.78, 5) is 14.5. The van der Waals surface area contributed by atoms with Gasteiger partial charge in [0.2, 0.25) is 5.91 Å². The number of rotatable bonds is 9. The Labute approximate surface area is 126 Å². The molecule has 0 spiro atoms. The van der Waals surface area contributed by atoms with Crippen molar-refractivity contribution in [2.45, 2.75) is 39.7 Å². The number of hydrogen-bond donors (Lipinski definition) is 1. The van der Waals surface area contributed by atoms with Gasteiger partial charge in [-0.05, 0) is 32.5 Å². The molecule has 0 aliphatic carbocycles. The summed E-state index contributed by atoms with van der Waals surface area (Å²) in [5.41, 5.74) is 0. The highest BCUT2D eigenvalue weighted by molar-refractivity contribution is 6.30. The summed E-state index contributed by atoms with van der Waals surface area (Å²) in [6, 6.07) is -0.282. The Morgan fingerprint density at radius 2 is 2.15 bits per heavy atom. The van der Waals surface area contributed by atoms with E-state index in [9.17, 15) is 4.79 Å². The molecule has 0 saturated heterocycles. The van der Waals surface area contributed by atoms with Crippen molar-refractivity contribution < 1.29 is 4.79 Å². The molecule has 1 aromatic heterocycles. The third-order valence-corrected chi connectivity index (χ3v) is 3.62. The lowest BCUT2D eigenvalue weighted by molar-refractivity contribution is -0.124. The number of nitrogens with one attached hydrogen (secondary N) is 1. The first-order chi connectivity index (χ1) is 9.62. The number of hydrogen-bond acceptors (Lipinski definition) is 3. The van der Waals surface area contributed by atoms with Crippen molar-refractivity contribution in [3.05, 3.63) is 17.4 Å². The van der Waals surface area contributed by atoms with Crippen molar-refractivity contribution in [3.63, 3.8) is 0 Å². The second kappa shape index (κ2) is 8.97. The van der Waals surface area contributed by atoms with Gasteiger partial charge in [-0.15, -0.1) is 0 Å². The number of aromatic nitrogens is 2. The van der Waals surface area contributed by atoms with Crippen LogP contribution in [-0.2, 0) is 4.79 Å². The Balaban J connectivity index is 2.37. The van der Waals surface area contributed by atoms with E-state index in [1.165, 1.54) is 0 Å². The highest BCUT2D eigenvalue weighted by Crippen LogP contribution is 2.14. The fraction of sp³-hybridized carbons (Fsp3) is 0.714. The van der Waals surface area contributed by atoms with Crippen LogP contribution in [0.1, 0.15) is 39.7 Å². The van der Waals surface area contributed by atoms with Crippen molar-refractivity contribution in [3.8, 4) is 0 Å². The molecular formula is C14H25ClN4O. The lowest BCUT2D eigenvalue weighted by Crippen LogP contribution is -2.35. The first-order valence-electron chi connectivity index (χ1n) is 7.32. The Morgan fingerprint density at radius 1 is 1.45 bits per heavy atom. The van der Waals surface area contributed by atoms with Crippen LogP contribution in [0.5, 0.6) is 0 Å². The van der Waals surface area contributed by atoms with Crippen molar-refractivity contribution >= 4 is 17.5 Å². The summed E-state index contributed by atoms with van der Waals surface area (Å²) in [6.45, 7) is 10.1. The quantitative estimate of drug-likeness (QED) is 0.712. The van der Waals surface area contributed by atoms with Crippen molar-refractivity contribution in [2.24, 2.45) is 0 Å². The monoisotopic (exact) mass is 300 g/mol. The standard InChI is InChI=1S/C14H25ClN4O/c1-4-13(19-11-12(15)10-17-19)14(20)16-8-7-9-18(5-2)6-3/h10-11,13H,4-9H2,1-3H3,(H,16,20). The van der Waals surface area contributed by atoms with Gasteiger partial charge in [-0.3, -0.25) is 9.48 Å². The van der Waals surface area contributed by atoms with Crippen molar-refractivity contribution in [1.82, 2.24) is 20.0 Å². The second-order valence-corrected chi connectivity index (χ2v) is 5.17. The summed E-state index contributed by atoms with van der Waals surface area (Å²) in [6.07, 6.45) is 4.90. The minimum Gasteiger partial charge on any atom is -0.354 e. The SMILES string of the molecule is CCC(C(=O)NCCCN(CC)CC)n1cc(Cl)cn1. The van der Waals surface area contributed by atoms with E-state index in [2.05, 4.69) is 29.2 Å². The second-order valence-electron chi connectivity index (χ2n) is 4.73. The first-order valence-corrected chi connectivity index (χ1v) is 7.69. The van der Waals surface area contributed by atoms with Crippen LogP contribution in [0, 0.1) is 0 Å². The van der Waals surface area contributed by atoms with Crippen LogP contribution >= 0.6 is 11.6 Å². The summed E-state index contributed by atoms with van der Waals surface area (Å²) < 4.78 is 1.63. The molecule has 1 unspecified atom stereocenters. The molecule has 0 aliphatic heterocycles. The molecule has 0 aromatic carbocycles. The molecule has 1 heterocycles. The van der Waals surface area contributed by atoms with E-state index in [4.69, 9.17) is 11.6 Å². The van der Waals surface area contributed by atoms with Gasteiger partial charge in [0.15, 0.2) is 0 Å². The molecule has 0 fully saturated rings. The Kier molecular flexibility index (Phi) is 7.62. The van der Waals surface area contributed by atoms with Crippen LogP contribution in [0.4, 0.5) is 0 Å². The van der Waals surface area contributed by atoms with Gasteiger partial charge in [-0.25, -0.2) is 0 Å². The molecule has 0 saturated carbocycles. The predicted octanol–water partition coefficient (Wildman–Crippen LogP) is 2.34. The van der Waals surface area contributed by atoms with Crippen LogP contribution in [0.3, 0.4) is 0 Å². The van der Waals surface area contributed by atoms with Gasteiger partial charge in [0, 0.05) is 12.7 Å². The number of nitrogens with zero attached hydrogens (tertiary/aromatic N) is 3. The van der Waals surface area contributed by atoms with Gasteiger partial charge < -0.3 is 10.2 Å². The zero-order chi connectivity index (χ0) is 15.0. The topological polar surface area (TPSA) is 50.2 Å². The number of carbonyl (C=O) groups is 1. The maximum absolute atomic E-state index is 12.1. The minimum atomic E-state index is -0.282. The van der Waals surface area contributed by atoms with E-state index in [0.29, 0.717) is 18.0 Å². The highest BCUT2D eigenvalue weighted by atomic mass is 35.5. The van der Waals surface area contributed by atoms with E-state index in [0.717, 1.165) is 26.1 Å². The Bertz CT molecular complexity index is 404. The van der Waals surface area contributed by atoms with E-state index in [1.807, 2.05) is 6.92 Å².